The maximum atomic E-state index is 13.2. The van der Waals surface area contributed by atoms with Gasteiger partial charge in [0, 0.05) is 31.5 Å². The van der Waals surface area contributed by atoms with E-state index in [1.807, 2.05) is 29.2 Å². The average molecular weight is 552 g/mol. The number of carbonyl (C=O) groups is 2. The number of piperidine rings is 1. The van der Waals surface area contributed by atoms with Gasteiger partial charge in [0.15, 0.2) is 5.16 Å². The Morgan fingerprint density at radius 2 is 1.92 bits per heavy atom. The Hall–Kier alpha value is -4.06. The van der Waals surface area contributed by atoms with Crippen LogP contribution in [0.3, 0.4) is 0 Å². The van der Waals surface area contributed by atoms with Crippen molar-refractivity contribution >= 4 is 46.3 Å². The second-order valence-electron chi connectivity index (χ2n) is 9.17. The lowest BCUT2D eigenvalue weighted by atomic mass is 10.1. The van der Waals surface area contributed by atoms with Crippen molar-refractivity contribution < 1.29 is 19.1 Å². The van der Waals surface area contributed by atoms with Gasteiger partial charge >= 0.3 is 5.97 Å². The number of carbonyl (C=O) groups excluding carboxylic acids is 2. The van der Waals surface area contributed by atoms with E-state index in [0.29, 0.717) is 38.9 Å². The number of rotatable bonds is 10. The fraction of sp³-hybridized carbons (Fsp3) is 0.370. The number of ether oxygens (including phenoxy) is 2. The van der Waals surface area contributed by atoms with Crippen molar-refractivity contribution in [2.45, 2.75) is 43.2 Å². The number of thioether (sulfide) groups is 1. The largest absolute Gasteiger partial charge is 0.490 e. The number of aromatic nitrogens is 2. The quantitative estimate of drug-likeness (QED) is 0.111. The van der Waals surface area contributed by atoms with Crippen LogP contribution in [0.25, 0.3) is 11.0 Å². The molecule has 12 heteroatoms. The van der Waals surface area contributed by atoms with Crippen LogP contribution in [0.15, 0.2) is 47.6 Å². The smallest absolute Gasteiger partial charge is 0.325 e. The highest BCUT2D eigenvalue weighted by Crippen LogP contribution is 2.36. The van der Waals surface area contributed by atoms with Gasteiger partial charge in [0.1, 0.15) is 29.5 Å². The summed E-state index contributed by atoms with van der Waals surface area (Å²) in [6, 6.07) is 12.6. The summed E-state index contributed by atoms with van der Waals surface area (Å²) in [5, 5.41) is 17.9. The first-order valence-corrected chi connectivity index (χ1v) is 13.6. The highest BCUT2D eigenvalue weighted by atomic mass is 32.2. The third kappa shape index (κ3) is 7.29. The molecule has 39 heavy (non-hydrogen) atoms. The second kappa shape index (κ2) is 12.7. The first-order chi connectivity index (χ1) is 18.7. The minimum atomic E-state index is -0.708. The Balaban J connectivity index is 1.50. The molecule has 2 aromatic carbocycles. The summed E-state index contributed by atoms with van der Waals surface area (Å²) in [6.45, 7) is 5.09. The number of nitrogens with zero attached hydrogens (tertiary/aromatic N) is 2. The zero-order valence-electron chi connectivity index (χ0n) is 22.0. The van der Waals surface area contributed by atoms with Crippen LogP contribution in [-0.2, 0) is 14.3 Å². The summed E-state index contributed by atoms with van der Waals surface area (Å²) in [7, 11) is 0. The van der Waals surface area contributed by atoms with Crippen LogP contribution in [0.5, 0.6) is 5.75 Å². The molecule has 1 aliphatic rings. The fourth-order valence-corrected chi connectivity index (χ4v) is 5.31. The molecule has 6 N–H and O–H groups in total. The summed E-state index contributed by atoms with van der Waals surface area (Å²) >= 11 is 1.22. The zero-order chi connectivity index (χ0) is 27.9. The number of hydrogen-bond donors (Lipinski definition) is 5. The van der Waals surface area contributed by atoms with Crippen molar-refractivity contribution in [2.24, 2.45) is 5.73 Å². The monoisotopic (exact) mass is 551 g/mol. The average Bonchev–Trinajstić information content (AvgIpc) is 3.33. The Labute approximate surface area is 230 Å². The minimum Gasteiger partial charge on any atom is -0.490 e. The summed E-state index contributed by atoms with van der Waals surface area (Å²) in [5.41, 5.74) is 8.27. The summed E-state index contributed by atoms with van der Waals surface area (Å²) in [4.78, 5) is 34.9. The van der Waals surface area contributed by atoms with Crippen molar-refractivity contribution in [3.63, 3.8) is 0 Å². The molecule has 0 aliphatic carbocycles. The number of esters is 1. The van der Waals surface area contributed by atoms with Crippen LogP contribution in [-0.4, -0.2) is 70.8 Å². The molecule has 0 radical (unpaired) electrons. The summed E-state index contributed by atoms with van der Waals surface area (Å²) < 4.78 is 11.1. The molecule has 0 saturated carbocycles. The molecule has 1 aliphatic heterocycles. The molecule has 1 saturated heterocycles. The third-order valence-electron chi connectivity index (χ3n) is 6.35. The van der Waals surface area contributed by atoms with Crippen molar-refractivity contribution in [3.05, 3.63) is 53.6 Å². The number of H-pyrrole nitrogens is 1. The number of amidine groups is 2. The number of imidazole rings is 1. The SMILES string of the molecule is CCOC(=O)CNC(=O)C(Sc1nc2ccc(C(=N)N)cc2[nH]1)c1ccc(OC2CCN(C(C)=N)CC2)cc1. The number of nitrogens with two attached hydrogens (primary N) is 1. The molecule has 1 amide bonds. The molecular weight excluding hydrogens is 518 g/mol. The minimum absolute atomic E-state index is 0.0466. The van der Waals surface area contributed by atoms with Crippen LogP contribution in [0.1, 0.15) is 43.1 Å². The van der Waals surface area contributed by atoms with Crippen LogP contribution in [0.2, 0.25) is 0 Å². The molecule has 1 aromatic heterocycles. The highest BCUT2D eigenvalue weighted by molar-refractivity contribution is 8.00. The van der Waals surface area contributed by atoms with Gasteiger partial charge in [-0.15, -0.1) is 0 Å². The van der Waals surface area contributed by atoms with Crippen LogP contribution in [0.4, 0.5) is 0 Å². The van der Waals surface area contributed by atoms with E-state index in [1.165, 1.54) is 11.8 Å². The molecule has 1 unspecified atom stereocenters. The van der Waals surface area contributed by atoms with E-state index < -0.39 is 11.2 Å². The standard InChI is InChI=1S/C27H33N7O4S/c1-3-37-23(35)15-31-26(36)24(39-27-32-21-9-6-18(25(29)30)14-22(21)33-27)17-4-7-19(8-5-17)38-20-10-12-34(13-11-20)16(2)28/h4-9,14,20,24,28H,3,10-13,15H2,1-2H3,(H3,29,30)(H,31,36)(H,32,33). The van der Waals surface area contributed by atoms with Gasteiger partial charge in [0.05, 0.1) is 23.5 Å². The molecule has 0 spiro atoms. The first-order valence-electron chi connectivity index (χ1n) is 12.7. The van der Waals surface area contributed by atoms with Gasteiger partial charge in [-0.3, -0.25) is 20.4 Å². The number of hydrogen-bond acceptors (Lipinski definition) is 8. The van der Waals surface area contributed by atoms with Gasteiger partial charge in [-0.05, 0) is 49.7 Å². The number of nitrogens with one attached hydrogen (secondary N) is 4. The summed E-state index contributed by atoms with van der Waals surface area (Å²) in [6.07, 6.45) is 1.74. The number of benzene rings is 2. The fourth-order valence-electron chi connectivity index (χ4n) is 4.28. The van der Waals surface area contributed by atoms with E-state index in [9.17, 15) is 9.59 Å². The van der Waals surface area contributed by atoms with E-state index in [4.69, 9.17) is 26.0 Å². The normalized spacial score (nSPS) is 14.6. The maximum Gasteiger partial charge on any atom is 0.325 e. The number of likely N-dealkylation sites (tertiary alicyclic amines) is 1. The van der Waals surface area contributed by atoms with Crippen molar-refractivity contribution in [3.8, 4) is 5.75 Å². The maximum absolute atomic E-state index is 13.2. The van der Waals surface area contributed by atoms with Gasteiger partial charge in [0.25, 0.3) is 0 Å². The topological polar surface area (TPSA) is 170 Å². The molecule has 2 heterocycles. The molecule has 4 rings (SSSR count). The first kappa shape index (κ1) is 28.0. The van der Waals surface area contributed by atoms with E-state index in [2.05, 4.69) is 15.3 Å². The van der Waals surface area contributed by atoms with Crippen LogP contribution in [0, 0.1) is 10.8 Å². The number of nitrogen functional groups attached to an aromatic ring is 1. The van der Waals surface area contributed by atoms with Gasteiger partial charge in [0.2, 0.25) is 5.91 Å². The number of fused-ring (bicyclic) bond motifs is 1. The number of amides is 1. The lowest BCUT2D eigenvalue weighted by Crippen LogP contribution is -2.40. The predicted molar refractivity (Wildman–Crippen MR) is 150 cm³/mol. The second-order valence-corrected chi connectivity index (χ2v) is 10.3. The van der Waals surface area contributed by atoms with Crippen LogP contribution < -0.4 is 15.8 Å². The highest BCUT2D eigenvalue weighted by Gasteiger charge is 2.25. The van der Waals surface area contributed by atoms with E-state index in [0.717, 1.165) is 25.9 Å². The third-order valence-corrected chi connectivity index (χ3v) is 7.49. The summed E-state index contributed by atoms with van der Waals surface area (Å²) in [5.74, 6) is 0.366. The van der Waals surface area contributed by atoms with Crippen molar-refractivity contribution in [1.29, 1.82) is 10.8 Å². The molecule has 1 atom stereocenters. The lowest BCUT2D eigenvalue weighted by Gasteiger charge is -2.32. The van der Waals surface area contributed by atoms with Crippen LogP contribution >= 0.6 is 11.8 Å². The van der Waals surface area contributed by atoms with Gasteiger partial charge in [-0.2, -0.15) is 0 Å². The van der Waals surface area contributed by atoms with E-state index >= 15 is 0 Å². The van der Waals surface area contributed by atoms with E-state index in [1.54, 1.807) is 32.0 Å². The predicted octanol–water partition coefficient (Wildman–Crippen LogP) is 3.20. The van der Waals surface area contributed by atoms with Gasteiger partial charge in [-0.1, -0.05) is 23.9 Å². The van der Waals surface area contributed by atoms with Gasteiger partial charge < -0.3 is 30.4 Å². The molecule has 0 bridgehead atoms. The Morgan fingerprint density at radius 1 is 1.21 bits per heavy atom. The number of aromatic amines is 1. The molecular formula is C27H33N7O4S. The van der Waals surface area contributed by atoms with E-state index in [-0.39, 0.29) is 31.0 Å². The lowest BCUT2D eigenvalue weighted by molar-refractivity contribution is -0.143. The van der Waals surface area contributed by atoms with Gasteiger partial charge in [-0.25, -0.2) is 4.98 Å². The molecule has 1 fully saturated rings. The van der Waals surface area contributed by atoms with Crippen molar-refractivity contribution in [1.82, 2.24) is 20.2 Å². The molecule has 11 nitrogen and oxygen atoms in total. The Bertz CT molecular complexity index is 1350. The molecule has 3 aromatic rings. The van der Waals surface area contributed by atoms with Crippen molar-refractivity contribution in [2.75, 3.05) is 26.2 Å². The zero-order valence-corrected chi connectivity index (χ0v) is 22.8. The Morgan fingerprint density at radius 3 is 2.56 bits per heavy atom. The molecule has 206 valence electrons. The Kier molecular flexibility index (Phi) is 9.07.